The van der Waals surface area contributed by atoms with Crippen LogP contribution in [0.3, 0.4) is 0 Å². The maximum absolute atomic E-state index is 13.2. The minimum atomic E-state index is -1.01. The Morgan fingerprint density at radius 3 is 2.12 bits per heavy atom. The summed E-state index contributed by atoms with van der Waals surface area (Å²) in [6, 6.07) is -0.599. The number of alkyl carbamates (subject to hydrolysis) is 1. The number of rotatable bonds is 8. The maximum atomic E-state index is 13.2. The molecule has 0 aromatic carbocycles. The Morgan fingerprint density at radius 1 is 1.12 bits per heavy atom. The molecule has 0 aromatic heterocycles. The molecule has 25 heavy (non-hydrogen) atoms. The zero-order chi connectivity index (χ0) is 19.1. The lowest BCUT2D eigenvalue weighted by Gasteiger charge is -2.33. The molecule has 0 aliphatic heterocycles. The number of thioether (sulfide) groups is 2. The van der Waals surface area contributed by atoms with E-state index < -0.39 is 22.0 Å². The molecule has 0 saturated heterocycles. The summed E-state index contributed by atoms with van der Waals surface area (Å²) in [5.41, 5.74) is -0.597. The summed E-state index contributed by atoms with van der Waals surface area (Å²) < 4.78 is 9.89. The van der Waals surface area contributed by atoms with Gasteiger partial charge in [0.05, 0.1) is 6.04 Å². The number of methoxy groups -OCH3 is 1. The van der Waals surface area contributed by atoms with Gasteiger partial charge in [0.15, 0.2) is 0 Å². The highest BCUT2D eigenvalue weighted by atomic mass is 32.2. The Hall–Kier alpha value is -0.400. The van der Waals surface area contributed by atoms with Gasteiger partial charge in [0.2, 0.25) is 10.0 Å². The van der Waals surface area contributed by atoms with Crippen LogP contribution in [0.4, 0.5) is 4.79 Å². The van der Waals surface area contributed by atoms with Crippen LogP contribution in [-0.4, -0.2) is 47.4 Å². The van der Waals surface area contributed by atoms with Crippen molar-refractivity contribution in [2.24, 2.45) is 5.92 Å². The van der Waals surface area contributed by atoms with Gasteiger partial charge in [-0.3, -0.25) is 4.79 Å². The van der Waals surface area contributed by atoms with Crippen LogP contribution in [0.25, 0.3) is 0 Å². The second-order valence-corrected chi connectivity index (χ2v) is 9.70. The number of carbonyl (C=O) groups is 2. The third kappa shape index (κ3) is 7.02. The molecule has 1 amide bonds. The first-order valence-electron chi connectivity index (χ1n) is 8.86. The molecule has 0 radical (unpaired) electrons. The number of ketones is 1. The van der Waals surface area contributed by atoms with Gasteiger partial charge in [0.1, 0.15) is 5.60 Å². The van der Waals surface area contributed by atoms with Crippen molar-refractivity contribution in [3.05, 3.63) is 0 Å². The minimum Gasteiger partial charge on any atom is -0.444 e. The lowest BCUT2D eigenvalue weighted by Crippen LogP contribution is -2.51. The largest absolute Gasteiger partial charge is 0.444 e. The second-order valence-electron chi connectivity index (χ2n) is 7.47. The van der Waals surface area contributed by atoms with Crippen molar-refractivity contribution < 1.29 is 19.1 Å². The van der Waals surface area contributed by atoms with E-state index in [9.17, 15) is 9.59 Å². The van der Waals surface area contributed by atoms with Crippen molar-refractivity contribution in [2.45, 2.75) is 75.2 Å². The van der Waals surface area contributed by atoms with Crippen LogP contribution in [-0.2, 0) is 14.3 Å². The molecule has 1 unspecified atom stereocenters. The SMILES string of the molecule is COC(SC)(SC)C(=O)C(CC1CCCCC1)NC(=O)OC(C)(C)C. The molecule has 0 bridgehead atoms. The zero-order valence-corrected chi connectivity index (χ0v) is 18.0. The summed E-state index contributed by atoms with van der Waals surface area (Å²) in [6.45, 7) is 5.44. The fourth-order valence-electron chi connectivity index (χ4n) is 3.20. The molecule has 1 saturated carbocycles. The Kier molecular flexibility index (Phi) is 9.12. The van der Waals surface area contributed by atoms with E-state index in [1.54, 1.807) is 0 Å². The molecular weight excluding hydrogens is 358 g/mol. The van der Waals surface area contributed by atoms with Crippen LogP contribution in [0.15, 0.2) is 0 Å². The molecule has 0 spiro atoms. The van der Waals surface area contributed by atoms with E-state index in [1.165, 1.54) is 49.9 Å². The van der Waals surface area contributed by atoms with Crippen LogP contribution in [0.2, 0.25) is 0 Å². The van der Waals surface area contributed by atoms with E-state index in [2.05, 4.69) is 5.32 Å². The lowest BCUT2D eigenvalue weighted by molar-refractivity contribution is -0.128. The molecule has 0 aromatic rings. The third-order valence-corrected chi connectivity index (χ3v) is 7.22. The highest BCUT2D eigenvalue weighted by Crippen LogP contribution is 2.38. The normalized spacial score (nSPS) is 17.8. The molecule has 146 valence electrons. The van der Waals surface area contributed by atoms with Gasteiger partial charge in [-0.15, -0.1) is 23.5 Å². The zero-order valence-electron chi connectivity index (χ0n) is 16.3. The van der Waals surface area contributed by atoms with Gasteiger partial charge < -0.3 is 14.8 Å². The van der Waals surface area contributed by atoms with Gasteiger partial charge in [-0.05, 0) is 45.6 Å². The average molecular weight is 392 g/mol. The van der Waals surface area contributed by atoms with Gasteiger partial charge in [-0.1, -0.05) is 32.1 Å². The molecule has 7 heteroatoms. The van der Waals surface area contributed by atoms with Crippen molar-refractivity contribution in [1.29, 1.82) is 0 Å². The van der Waals surface area contributed by atoms with E-state index >= 15 is 0 Å². The van der Waals surface area contributed by atoms with Crippen molar-refractivity contribution in [1.82, 2.24) is 5.32 Å². The number of carbonyl (C=O) groups excluding carboxylic acids is 2. The molecular formula is C18H33NO4S2. The maximum Gasteiger partial charge on any atom is 0.408 e. The Balaban J connectivity index is 2.92. The fraction of sp³-hybridized carbons (Fsp3) is 0.889. The van der Waals surface area contributed by atoms with Crippen molar-refractivity contribution in [3.63, 3.8) is 0 Å². The summed E-state index contributed by atoms with van der Waals surface area (Å²) in [4.78, 5) is 25.5. The topological polar surface area (TPSA) is 64.6 Å². The lowest BCUT2D eigenvalue weighted by atomic mass is 9.84. The highest BCUT2D eigenvalue weighted by molar-refractivity contribution is 8.18. The van der Waals surface area contributed by atoms with Crippen LogP contribution >= 0.6 is 23.5 Å². The summed E-state index contributed by atoms with van der Waals surface area (Å²) >= 11 is 2.71. The number of ether oxygens (including phenoxy) is 2. The number of hydrogen-bond donors (Lipinski definition) is 1. The van der Waals surface area contributed by atoms with Crippen LogP contribution in [0.5, 0.6) is 0 Å². The van der Waals surface area contributed by atoms with Crippen molar-refractivity contribution in [3.8, 4) is 0 Å². The molecule has 1 aliphatic rings. The Morgan fingerprint density at radius 2 is 1.68 bits per heavy atom. The average Bonchev–Trinajstić information content (AvgIpc) is 2.55. The molecule has 1 N–H and O–H groups in total. The van der Waals surface area contributed by atoms with Crippen LogP contribution in [0, 0.1) is 5.92 Å². The monoisotopic (exact) mass is 391 g/mol. The summed E-state index contributed by atoms with van der Waals surface area (Å²) in [5, 5.41) is 2.81. The molecule has 1 aliphatic carbocycles. The predicted octanol–water partition coefficient (Wildman–Crippen LogP) is 4.45. The number of hydrogen-bond acceptors (Lipinski definition) is 6. The molecule has 1 rings (SSSR count). The molecule has 1 fully saturated rings. The standard InChI is InChI=1S/C18H33NO4S2/c1-17(2,3)23-16(21)19-14(12-13-10-8-7-9-11-13)15(20)18(22-4,24-5)25-6/h13-14H,7-12H2,1-6H3,(H,19,21). The van der Waals surface area contributed by atoms with E-state index in [0.717, 1.165) is 12.8 Å². The van der Waals surface area contributed by atoms with Crippen molar-refractivity contribution >= 4 is 35.4 Å². The van der Waals surface area contributed by atoms with Crippen LogP contribution in [0.1, 0.15) is 59.3 Å². The Bertz CT molecular complexity index is 433. The molecule has 1 atom stereocenters. The first-order chi connectivity index (χ1) is 11.7. The summed E-state index contributed by atoms with van der Waals surface area (Å²) in [5.74, 6) is 0.349. The number of amides is 1. The minimum absolute atomic E-state index is 0.105. The molecule has 5 nitrogen and oxygen atoms in total. The second kappa shape index (κ2) is 10.1. The summed E-state index contributed by atoms with van der Waals surface area (Å²) in [7, 11) is 1.54. The third-order valence-electron chi connectivity index (χ3n) is 4.41. The van der Waals surface area contributed by atoms with Gasteiger partial charge in [0, 0.05) is 7.11 Å². The Labute approximate surface area is 160 Å². The predicted molar refractivity (Wildman–Crippen MR) is 106 cm³/mol. The first-order valence-corrected chi connectivity index (χ1v) is 11.3. The molecule has 0 heterocycles. The highest BCUT2D eigenvalue weighted by Gasteiger charge is 2.43. The number of nitrogens with one attached hydrogen (secondary N) is 1. The van der Waals surface area contributed by atoms with Crippen LogP contribution < -0.4 is 5.32 Å². The van der Waals surface area contributed by atoms with Gasteiger partial charge in [-0.25, -0.2) is 4.79 Å². The van der Waals surface area contributed by atoms with Gasteiger partial charge in [0.25, 0.3) is 0 Å². The quantitative estimate of drug-likeness (QED) is 0.617. The first kappa shape index (κ1) is 22.6. The van der Waals surface area contributed by atoms with E-state index in [0.29, 0.717) is 12.3 Å². The van der Waals surface area contributed by atoms with E-state index in [1.807, 2.05) is 33.3 Å². The van der Waals surface area contributed by atoms with E-state index in [-0.39, 0.29) is 5.78 Å². The fourth-order valence-corrected chi connectivity index (χ4v) is 4.89. The van der Waals surface area contributed by atoms with Gasteiger partial charge in [-0.2, -0.15) is 0 Å². The summed E-state index contributed by atoms with van der Waals surface area (Å²) in [6.07, 6.45) is 9.66. The smallest absolute Gasteiger partial charge is 0.408 e. The number of Topliss-reactive ketones (excluding diaryl/α,β-unsaturated/α-hetero) is 1. The van der Waals surface area contributed by atoms with E-state index in [4.69, 9.17) is 9.47 Å². The van der Waals surface area contributed by atoms with Gasteiger partial charge >= 0.3 is 6.09 Å². The van der Waals surface area contributed by atoms with Crippen molar-refractivity contribution in [2.75, 3.05) is 19.6 Å².